The van der Waals surface area contributed by atoms with E-state index in [9.17, 15) is 5.11 Å². The molecule has 8 nitrogen and oxygen atoms in total. The monoisotopic (exact) mass is 515 g/mol. The van der Waals surface area contributed by atoms with Gasteiger partial charge in [-0.25, -0.2) is 0 Å². The van der Waals surface area contributed by atoms with Gasteiger partial charge in [0.25, 0.3) is 0 Å². The van der Waals surface area contributed by atoms with Crippen molar-refractivity contribution >= 4 is 29.9 Å². The number of hydrogen-bond acceptors (Lipinski definition) is 6. The summed E-state index contributed by atoms with van der Waals surface area (Å²) in [4.78, 5) is 10.9. The number of aliphatic hydroxyl groups excluding tert-OH is 1. The molecular formula is C20H30IN5O3. The minimum Gasteiger partial charge on any atom is -0.469 e. The van der Waals surface area contributed by atoms with Gasteiger partial charge in [0.2, 0.25) is 0 Å². The van der Waals surface area contributed by atoms with E-state index in [1.807, 2.05) is 12.1 Å². The maximum absolute atomic E-state index is 10.3. The molecule has 2 aromatic rings. The van der Waals surface area contributed by atoms with E-state index in [-0.39, 0.29) is 30.5 Å². The molecule has 3 rings (SSSR count). The van der Waals surface area contributed by atoms with Gasteiger partial charge in [-0.15, -0.1) is 24.0 Å². The fourth-order valence-electron chi connectivity index (χ4n) is 2.96. The number of ether oxygens (including phenoxy) is 1. The average molecular weight is 515 g/mol. The van der Waals surface area contributed by atoms with Crippen molar-refractivity contribution < 1.29 is 14.3 Å². The molecule has 160 valence electrons. The summed E-state index contributed by atoms with van der Waals surface area (Å²) in [5.74, 6) is 1.62. The van der Waals surface area contributed by atoms with Crippen LogP contribution >= 0.6 is 24.0 Å². The van der Waals surface area contributed by atoms with Gasteiger partial charge >= 0.3 is 0 Å². The summed E-state index contributed by atoms with van der Waals surface area (Å²) >= 11 is 0. The molecule has 9 heteroatoms. The first-order valence-corrected chi connectivity index (χ1v) is 9.74. The zero-order valence-electron chi connectivity index (χ0n) is 16.5. The van der Waals surface area contributed by atoms with Crippen LogP contribution in [0.3, 0.4) is 0 Å². The Labute approximate surface area is 188 Å². The molecule has 0 aliphatic carbocycles. The smallest absolute Gasteiger partial charge is 0.191 e. The van der Waals surface area contributed by atoms with Crippen LogP contribution in [0.25, 0.3) is 0 Å². The molecule has 0 bridgehead atoms. The number of halogens is 1. The van der Waals surface area contributed by atoms with Gasteiger partial charge in [0.15, 0.2) is 5.96 Å². The van der Waals surface area contributed by atoms with Crippen LogP contribution in [0.15, 0.2) is 52.3 Å². The molecule has 3 N–H and O–H groups in total. The Balaban J connectivity index is 0.00000300. The van der Waals surface area contributed by atoms with Gasteiger partial charge in [0, 0.05) is 51.5 Å². The third-order valence-corrected chi connectivity index (χ3v) is 4.58. The lowest BCUT2D eigenvalue weighted by molar-refractivity contribution is 0.0389. The lowest BCUT2D eigenvalue weighted by Crippen LogP contribution is -2.45. The maximum Gasteiger partial charge on any atom is 0.191 e. The first kappa shape index (κ1) is 23.6. The minimum atomic E-state index is -0.661. The average Bonchev–Trinajstić information content (AvgIpc) is 3.26. The van der Waals surface area contributed by atoms with E-state index in [4.69, 9.17) is 9.15 Å². The molecule has 0 saturated carbocycles. The summed E-state index contributed by atoms with van der Waals surface area (Å²) in [7, 11) is 0. The number of pyridine rings is 1. The molecule has 1 aliphatic heterocycles. The number of aliphatic imine (C=N–C) groups is 1. The Morgan fingerprint density at radius 2 is 1.93 bits per heavy atom. The van der Waals surface area contributed by atoms with E-state index in [1.165, 1.54) is 0 Å². The van der Waals surface area contributed by atoms with Crippen LogP contribution in [0, 0.1) is 0 Å². The summed E-state index contributed by atoms with van der Waals surface area (Å²) in [6, 6.07) is 7.44. The number of furan rings is 1. The maximum atomic E-state index is 10.3. The Morgan fingerprint density at radius 3 is 2.66 bits per heavy atom. The van der Waals surface area contributed by atoms with Gasteiger partial charge in [0.1, 0.15) is 5.76 Å². The lowest BCUT2D eigenvalue weighted by atomic mass is 10.1. The van der Waals surface area contributed by atoms with E-state index < -0.39 is 6.10 Å². The van der Waals surface area contributed by atoms with E-state index >= 15 is 0 Å². The molecule has 0 amide bonds. The van der Waals surface area contributed by atoms with Gasteiger partial charge in [-0.05, 0) is 29.8 Å². The Morgan fingerprint density at radius 1 is 1.17 bits per heavy atom. The molecule has 2 aromatic heterocycles. The number of guanidine groups is 1. The largest absolute Gasteiger partial charge is 0.469 e. The summed E-state index contributed by atoms with van der Waals surface area (Å²) in [6.07, 6.45) is 5.13. The normalized spacial score (nSPS) is 16.1. The van der Waals surface area contributed by atoms with Crippen molar-refractivity contribution in [2.75, 3.05) is 52.5 Å². The Hall–Kier alpha value is -1.69. The molecule has 0 spiro atoms. The Kier molecular flexibility index (Phi) is 11.0. The van der Waals surface area contributed by atoms with Gasteiger partial charge in [-0.1, -0.05) is 0 Å². The molecule has 1 fully saturated rings. The molecule has 1 unspecified atom stereocenters. The lowest BCUT2D eigenvalue weighted by Gasteiger charge is -2.26. The zero-order valence-corrected chi connectivity index (χ0v) is 18.8. The van der Waals surface area contributed by atoms with Crippen molar-refractivity contribution in [3.05, 3.63) is 54.2 Å². The second kappa shape index (κ2) is 13.5. The highest BCUT2D eigenvalue weighted by Crippen LogP contribution is 2.11. The molecule has 29 heavy (non-hydrogen) atoms. The van der Waals surface area contributed by atoms with E-state index in [0.717, 1.165) is 57.1 Å². The molecule has 0 aromatic carbocycles. The topological polar surface area (TPSA) is 95.2 Å². The van der Waals surface area contributed by atoms with Crippen molar-refractivity contribution in [3.8, 4) is 0 Å². The fraction of sp³-hybridized carbons (Fsp3) is 0.500. The number of nitrogens with zero attached hydrogens (tertiary/aromatic N) is 3. The van der Waals surface area contributed by atoms with Crippen molar-refractivity contribution in [3.63, 3.8) is 0 Å². The van der Waals surface area contributed by atoms with Crippen LogP contribution in [0.4, 0.5) is 0 Å². The molecule has 3 heterocycles. The van der Waals surface area contributed by atoms with Crippen LogP contribution < -0.4 is 10.6 Å². The molecule has 0 radical (unpaired) electrons. The van der Waals surface area contributed by atoms with Crippen molar-refractivity contribution in [2.24, 2.45) is 4.99 Å². The van der Waals surface area contributed by atoms with Gasteiger partial charge in [0.05, 0.1) is 32.1 Å². The summed E-state index contributed by atoms with van der Waals surface area (Å²) in [5.41, 5.74) is 0.807. The summed E-state index contributed by atoms with van der Waals surface area (Å²) in [6.45, 7) is 6.18. The van der Waals surface area contributed by atoms with Crippen LogP contribution in [0.1, 0.15) is 17.4 Å². The minimum absolute atomic E-state index is 0. The number of hydrogen-bond donors (Lipinski definition) is 3. The summed E-state index contributed by atoms with van der Waals surface area (Å²) in [5, 5.41) is 17.0. The molecule has 1 atom stereocenters. The van der Waals surface area contributed by atoms with E-state index in [1.54, 1.807) is 30.8 Å². The molecule has 1 aliphatic rings. The van der Waals surface area contributed by atoms with Crippen molar-refractivity contribution in [1.29, 1.82) is 0 Å². The predicted octanol–water partition coefficient (Wildman–Crippen LogP) is 1.44. The van der Waals surface area contributed by atoms with Crippen LogP contribution in [-0.4, -0.2) is 73.4 Å². The standard InChI is InChI=1S/C20H29N5O3.HI/c26-19(17-3-6-21-7-4-17)16-24-20(22-8-5-18-2-1-13-28-18)23-9-10-25-11-14-27-15-12-25;/h1-4,6-7,13,19,26H,5,8-12,14-16H2,(H2,22,23,24);1H. The highest BCUT2D eigenvalue weighted by Gasteiger charge is 2.11. The second-order valence-corrected chi connectivity index (χ2v) is 6.62. The molecular weight excluding hydrogens is 485 g/mol. The number of aliphatic hydroxyl groups is 1. The van der Waals surface area contributed by atoms with E-state index in [0.29, 0.717) is 12.5 Å². The first-order chi connectivity index (χ1) is 13.8. The van der Waals surface area contributed by atoms with Crippen molar-refractivity contribution in [2.45, 2.75) is 12.5 Å². The first-order valence-electron chi connectivity index (χ1n) is 9.74. The second-order valence-electron chi connectivity index (χ2n) is 6.62. The SMILES string of the molecule is I.OC(CN=C(NCCc1ccco1)NCCN1CCOCC1)c1ccncc1. The number of nitrogens with one attached hydrogen (secondary N) is 2. The highest BCUT2D eigenvalue weighted by atomic mass is 127. The van der Waals surface area contributed by atoms with Gasteiger partial charge < -0.3 is 24.9 Å². The van der Waals surface area contributed by atoms with Gasteiger partial charge in [-0.3, -0.25) is 14.9 Å². The number of morpholine rings is 1. The summed E-state index contributed by atoms with van der Waals surface area (Å²) < 4.78 is 10.8. The fourth-order valence-corrected chi connectivity index (χ4v) is 2.96. The number of aromatic nitrogens is 1. The highest BCUT2D eigenvalue weighted by molar-refractivity contribution is 14.0. The Bertz CT molecular complexity index is 693. The van der Waals surface area contributed by atoms with Gasteiger partial charge in [-0.2, -0.15) is 0 Å². The van der Waals surface area contributed by atoms with Crippen molar-refractivity contribution in [1.82, 2.24) is 20.5 Å². The number of rotatable bonds is 9. The van der Waals surface area contributed by atoms with Crippen LogP contribution in [0.2, 0.25) is 0 Å². The third kappa shape index (κ3) is 8.69. The van der Waals surface area contributed by atoms with Crippen LogP contribution in [0.5, 0.6) is 0 Å². The zero-order chi connectivity index (χ0) is 19.4. The van der Waals surface area contributed by atoms with E-state index in [2.05, 4.69) is 25.5 Å². The molecule has 1 saturated heterocycles. The quantitative estimate of drug-likeness (QED) is 0.264. The predicted molar refractivity (Wildman–Crippen MR) is 123 cm³/mol. The third-order valence-electron chi connectivity index (χ3n) is 4.58. The van der Waals surface area contributed by atoms with Crippen LogP contribution in [-0.2, 0) is 11.2 Å².